The quantitative estimate of drug-likeness (QED) is 0.722. The van der Waals surface area contributed by atoms with Crippen molar-refractivity contribution in [3.05, 3.63) is 12.4 Å². The maximum absolute atomic E-state index is 11.9. The maximum atomic E-state index is 11.9. The number of hydrogen-bond acceptors (Lipinski definition) is 5. The van der Waals surface area contributed by atoms with Crippen molar-refractivity contribution in [1.29, 1.82) is 0 Å². The summed E-state index contributed by atoms with van der Waals surface area (Å²) in [5.74, 6) is 1.23. The van der Waals surface area contributed by atoms with Crippen LogP contribution in [0.2, 0.25) is 0 Å². The molecule has 2 N–H and O–H groups in total. The van der Waals surface area contributed by atoms with E-state index in [0.717, 1.165) is 18.8 Å². The van der Waals surface area contributed by atoms with Crippen molar-refractivity contribution in [2.45, 2.75) is 30.6 Å². The van der Waals surface area contributed by atoms with Gasteiger partial charge in [-0.3, -0.25) is 0 Å². The second kappa shape index (κ2) is 5.62. The first-order chi connectivity index (χ1) is 8.62. The summed E-state index contributed by atoms with van der Waals surface area (Å²) in [6, 6.07) is 0. The highest BCUT2D eigenvalue weighted by Gasteiger charge is 2.21. The molecule has 7 heteroatoms. The highest BCUT2D eigenvalue weighted by molar-refractivity contribution is 7.89. The molecule has 1 aromatic rings. The van der Waals surface area contributed by atoms with Crippen molar-refractivity contribution in [2.24, 2.45) is 5.92 Å². The average Bonchev–Trinajstić information content (AvgIpc) is 3.19. The fourth-order valence-electron chi connectivity index (χ4n) is 1.67. The monoisotopic (exact) mass is 270 g/mol. The largest absolute Gasteiger partial charge is 0.357 e. The van der Waals surface area contributed by atoms with Crippen LogP contribution in [0.3, 0.4) is 0 Å². The second-order valence-corrected chi connectivity index (χ2v) is 6.24. The molecular formula is C11H18N4O2S. The van der Waals surface area contributed by atoms with Crippen LogP contribution in [0.5, 0.6) is 0 Å². The van der Waals surface area contributed by atoms with Crippen LogP contribution in [-0.4, -0.2) is 32.0 Å². The molecule has 6 nitrogen and oxygen atoms in total. The maximum Gasteiger partial charge on any atom is 0.243 e. The molecule has 0 amide bonds. The van der Waals surface area contributed by atoms with Crippen LogP contribution in [0.25, 0.3) is 0 Å². The number of sulfonamides is 1. The highest BCUT2D eigenvalue weighted by Crippen LogP contribution is 2.33. The molecule has 1 fully saturated rings. The van der Waals surface area contributed by atoms with E-state index in [0.29, 0.717) is 12.5 Å². The van der Waals surface area contributed by atoms with Crippen molar-refractivity contribution in [3.8, 4) is 0 Å². The third kappa shape index (κ3) is 3.64. The van der Waals surface area contributed by atoms with Crippen molar-refractivity contribution in [2.75, 3.05) is 18.9 Å². The van der Waals surface area contributed by atoms with Crippen LogP contribution in [0.15, 0.2) is 17.3 Å². The third-order valence-corrected chi connectivity index (χ3v) is 4.36. The van der Waals surface area contributed by atoms with Gasteiger partial charge in [0.1, 0.15) is 4.90 Å². The second-order valence-electron chi connectivity index (χ2n) is 4.48. The zero-order valence-corrected chi connectivity index (χ0v) is 11.2. The summed E-state index contributed by atoms with van der Waals surface area (Å²) < 4.78 is 26.3. The number of anilines is 1. The number of nitrogens with zero attached hydrogens (tertiary/aromatic N) is 2. The first kappa shape index (κ1) is 13.2. The number of rotatable bonds is 7. The zero-order valence-electron chi connectivity index (χ0n) is 10.4. The molecule has 0 unspecified atom stereocenters. The van der Waals surface area contributed by atoms with Crippen molar-refractivity contribution in [3.63, 3.8) is 0 Å². The lowest BCUT2D eigenvalue weighted by Crippen LogP contribution is -2.25. The first-order valence-electron chi connectivity index (χ1n) is 6.11. The van der Waals surface area contributed by atoms with Crippen molar-refractivity contribution >= 4 is 16.0 Å². The predicted molar refractivity (Wildman–Crippen MR) is 68.7 cm³/mol. The van der Waals surface area contributed by atoms with E-state index in [9.17, 15) is 8.42 Å². The van der Waals surface area contributed by atoms with E-state index in [4.69, 9.17) is 0 Å². The lowest BCUT2D eigenvalue weighted by Gasteiger charge is -2.06. The molecule has 100 valence electrons. The van der Waals surface area contributed by atoms with E-state index >= 15 is 0 Å². The van der Waals surface area contributed by atoms with E-state index in [2.05, 4.69) is 20.0 Å². The fourth-order valence-corrected chi connectivity index (χ4v) is 2.63. The Hall–Kier alpha value is -1.21. The molecule has 1 aromatic heterocycles. The summed E-state index contributed by atoms with van der Waals surface area (Å²) in [6.45, 7) is 0.479. The molecular weight excluding hydrogens is 252 g/mol. The standard InChI is InChI=1S/C11H18N4O2S/c1-12-11-13-7-10(8-14-11)18(16,17)15-6-2-3-9-4-5-9/h7-9,15H,2-6H2,1H3,(H,12,13,14). The van der Waals surface area contributed by atoms with Gasteiger partial charge in [-0.25, -0.2) is 23.1 Å². The molecule has 0 spiro atoms. The van der Waals surface area contributed by atoms with E-state index in [1.165, 1.54) is 25.2 Å². The molecule has 1 saturated carbocycles. The van der Waals surface area contributed by atoms with Gasteiger partial charge in [0, 0.05) is 13.6 Å². The Bertz CT molecular complexity index is 482. The summed E-state index contributed by atoms with van der Waals surface area (Å²) in [5.41, 5.74) is 0. The van der Waals surface area contributed by atoms with Crippen LogP contribution in [0, 0.1) is 5.92 Å². The van der Waals surface area contributed by atoms with Gasteiger partial charge in [0.05, 0.1) is 12.4 Å². The molecule has 0 bridgehead atoms. The molecule has 0 aromatic carbocycles. The van der Waals surface area contributed by atoms with Crippen molar-refractivity contribution < 1.29 is 8.42 Å². The third-order valence-electron chi connectivity index (χ3n) is 2.94. The summed E-state index contributed by atoms with van der Waals surface area (Å²) in [4.78, 5) is 7.88. The molecule has 1 heterocycles. The van der Waals surface area contributed by atoms with Crippen LogP contribution < -0.4 is 10.0 Å². The van der Waals surface area contributed by atoms with Gasteiger partial charge >= 0.3 is 0 Å². The average molecular weight is 270 g/mol. The Morgan fingerprint density at radius 1 is 1.33 bits per heavy atom. The number of aromatic nitrogens is 2. The van der Waals surface area contributed by atoms with E-state index < -0.39 is 10.0 Å². The SMILES string of the molecule is CNc1ncc(S(=O)(=O)NCCCC2CC2)cn1. The van der Waals surface area contributed by atoms with Crippen LogP contribution in [0.4, 0.5) is 5.95 Å². The Kier molecular flexibility index (Phi) is 4.13. The fraction of sp³-hybridized carbons (Fsp3) is 0.636. The number of nitrogens with one attached hydrogen (secondary N) is 2. The van der Waals surface area contributed by atoms with Crippen molar-refractivity contribution in [1.82, 2.24) is 14.7 Å². The van der Waals surface area contributed by atoms with E-state index in [1.54, 1.807) is 7.05 Å². The minimum absolute atomic E-state index is 0.105. The van der Waals surface area contributed by atoms with Gasteiger partial charge in [-0.15, -0.1) is 0 Å². The van der Waals surface area contributed by atoms with Gasteiger partial charge in [0.2, 0.25) is 16.0 Å². The lowest BCUT2D eigenvalue weighted by atomic mass is 10.2. The summed E-state index contributed by atoms with van der Waals surface area (Å²) in [5, 5.41) is 2.74. The summed E-state index contributed by atoms with van der Waals surface area (Å²) >= 11 is 0. The zero-order chi connectivity index (χ0) is 13.0. The molecule has 0 saturated heterocycles. The van der Waals surface area contributed by atoms with Gasteiger partial charge < -0.3 is 5.32 Å². The van der Waals surface area contributed by atoms with Crippen LogP contribution in [0.1, 0.15) is 25.7 Å². The number of hydrogen-bond donors (Lipinski definition) is 2. The van der Waals surface area contributed by atoms with Gasteiger partial charge in [-0.2, -0.15) is 0 Å². The van der Waals surface area contributed by atoms with E-state index in [-0.39, 0.29) is 4.90 Å². The Morgan fingerprint density at radius 3 is 2.56 bits per heavy atom. The predicted octanol–water partition coefficient (Wildman–Crippen LogP) is 0.987. The minimum atomic E-state index is -3.47. The van der Waals surface area contributed by atoms with Crippen LogP contribution in [-0.2, 0) is 10.0 Å². The minimum Gasteiger partial charge on any atom is -0.357 e. The van der Waals surface area contributed by atoms with Crippen LogP contribution >= 0.6 is 0 Å². The molecule has 0 radical (unpaired) electrons. The topological polar surface area (TPSA) is 84.0 Å². The highest BCUT2D eigenvalue weighted by atomic mass is 32.2. The molecule has 1 aliphatic carbocycles. The Labute approximate surface area is 107 Å². The molecule has 0 atom stereocenters. The summed E-state index contributed by atoms with van der Waals surface area (Å²) in [6.07, 6.45) is 7.21. The summed E-state index contributed by atoms with van der Waals surface area (Å²) in [7, 11) is -1.79. The Morgan fingerprint density at radius 2 is 2.00 bits per heavy atom. The van der Waals surface area contributed by atoms with Gasteiger partial charge in [0.15, 0.2) is 0 Å². The molecule has 0 aliphatic heterocycles. The smallest absolute Gasteiger partial charge is 0.243 e. The van der Waals surface area contributed by atoms with Gasteiger partial charge in [0.25, 0.3) is 0 Å². The van der Waals surface area contributed by atoms with Gasteiger partial charge in [-0.1, -0.05) is 12.8 Å². The van der Waals surface area contributed by atoms with Gasteiger partial charge in [-0.05, 0) is 18.8 Å². The molecule has 2 rings (SSSR count). The molecule has 18 heavy (non-hydrogen) atoms. The first-order valence-corrected chi connectivity index (χ1v) is 7.59. The molecule has 1 aliphatic rings. The lowest BCUT2D eigenvalue weighted by molar-refractivity contribution is 0.572. The normalized spacial score (nSPS) is 15.6. The Balaban J connectivity index is 1.87. The van der Waals surface area contributed by atoms with E-state index in [1.807, 2.05) is 0 Å².